The van der Waals surface area contributed by atoms with Crippen LogP contribution in [0.3, 0.4) is 0 Å². The molecule has 0 spiro atoms. The number of rotatable bonds is 5. The molecule has 3 heteroatoms. The lowest BCUT2D eigenvalue weighted by molar-refractivity contribution is 0.139. The van der Waals surface area contributed by atoms with Crippen LogP contribution in [0.1, 0.15) is 24.0 Å². The van der Waals surface area contributed by atoms with Gasteiger partial charge in [-0.05, 0) is 56.5 Å². The predicted octanol–water partition coefficient (Wildman–Crippen LogP) is 2.14. The fourth-order valence-electron chi connectivity index (χ4n) is 2.69. The lowest BCUT2D eigenvalue weighted by Gasteiger charge is -2.22. The Kier molecular flexibility index (Phi) is 4.61. The topological polar surface area (TPSA) is 32.7 Å². The van der Waals surface area contributed by atoms with Gasteiger partial charge in [0, 0.05) is 12.6 Å². The number of nitrogens with zero attached hydrogens (tertiary/aromatic N) is 1. The summed E-state index contributed by atoms with van der Waals surface area (Å²) in [6.07, 6.45) is 2.30. The number of aliphatic hydroxyl groups excluding tert-OH is 1. The van der Waals surface area contributed by atoms with Crippen molar-refractivity contribution in [3.63, 3.8) is 0 Å². The van der Waals surface area contributed by atoms with Gasteiger partial charge in [0.15, 0.2) is 0 Å². The minimum absolute atomic E-state index is 0.267. The average molecular weight is 249 g/mol. The van der Waals surface area contributed by atoms with Crippen LogP contribution in [-0.2, 0) is 0 Å². The van der Waals surface area contributed by atoms with E-state index in [4.69, 9.17) is 4.74 Å². The van der Waals surface area contributed by atoms with Gasteiger partial charge in [0.1, 0.15) is 12.4 Å². The zero-order valence-electron chi connectivity index (χ0n) is 11.4. The summed E-state index contributed by atoms with van der Waals surface area (Å²) in [5.41, 5.74) is 2.47. The molecule has 0 aliphatic carbocycles. The van der Waals surface area contributed by atoms with Crippen LogP contribution in [0.2, 0.25) is 0 Å². The first kappa shape index (κ1) is 13.4. The number of benzene rings is 1. The van der Waals surface area contributed by atoms with Crippen molar-refractivity contribution in [1.29, 1.82) is 0 Å². The fraction of sp³-hybridized carbons (Fsp3) is 0.600. The van der Waals surface area contributed by atoms with Crippen LogP contribution in [0.4, 0.5) is 0 Å². The van der Waals surface area contributed by atoms with Gasteiger partial charge in [-0.3, -0.25) is 4.90 Å². The third kappa shape index (κ3) is 3.47. The molecule has 1 fully saturated rings. The predicted molar refractivity (Wildman–Crippen MR) is 73.1 cm³/mol. The molecule has 1 atom stereocenters. The van der Waals surface area contributed by atoms with Crippen LogP contribution < -0.4 is 4.74 Å². The molecular weight excluding hydrogens is 226 g/mol. The van der Waals surface area contributed by atoms with Gasteiger partial charge in [-0.2, -0.15) is 0 Å². The Morgan fingerprint density at radius 1 is 1.28 bits per heavy atom. The first-order valence-electron chi connectivity index (χ1n) is 6.75. The number of likely N-dealkylation sites (tertiary alicyclic amines) is 1. The highest BCUT2D eigenvalue weighted by molar-refractivity contribution is 5.32. The Bertz CT molecular complexity index is 372. The minimum Gasteiger partial charge on any atom is -0.492 e. The van der Waals surface area contributed by atoms with E-state index in [1.54, 1.807) is 0 Å². The van der Waals surface area contributed by atoms with Gasteiger partial charge in [0.2, 0.25) is 0 Å². The molecule has 3 nitrogen and oxygen atoms in total. The Labute approximate surface area is 109 Å². The first-order valence-corrected chi connectivity index (χ1v) is 6.75. The van der Waals surface area contributed by atoms with E-state index < -0.39 is 0 Å². The minimum atomic E-state index is 0.267. The van der Waals surface area contributed by atoms with E-state index in [0.29, 0.717) is 12.6 Å². The third-order valence-electron chi connectivity index (χ3n) is 3.55. The monoisotopic (exact) mass is 249 g/mol. The summed E-state index contributed by atoms with van der Waals surface area (Å²) in [5, 5.41) is 9.24. The summed E-state index contributed by atoms with van der Waals surface area (Å²) < 4.78 is 5.80. The van der Waals surface area contributed by atoms with Crippen molar-refractivity contribution in [2.45, 2.75) is 32.7 Å². The lowest BCUT2D eigenvalue weighted by atomic mass is 10.1. The van der Waals surface area contributed by atoms with E-state index in [1.807, 2.05) is 0 Å². The van der Waals surface area contributed by atoms with Crippen molar-refractivity contribution < 1.29 is 9.84 Å². The summed E-state index contributed by atoms with van der Waals surface area (Å²) >= 11 is 0. The molecule has 0 bridgehead atoms. The van der Waals surface area contributed by atoms with Crippen molar-refractivity contribution in [3.05, 3.63) is 29.3 Å². The van der Waals surface area contributed by atoms with Crippen molar-refractivity contribution in [1.82, 2.24) is 4.90 Å². The molecule has 0 aromatic heterocycles. The van der Waals surface area contributed by atoms with E-state index >= 15 is 0 Å². The fourth-order valence-corrected chi connectivity index (χ4v) is 2.69. The van der Waals surface area contributed by atoms with Gasteiger partial charge in [-0.1, -0.05) is 6.07 Å². The van der Waals surface area contributed by atoms with Crippen LogP contribution in [0.5, 0.6) is 5.75 Å². The van der Waals surface area contributed by atoms with Crippen molar-refractivity contribution in [2.75, 3.05) is 26.3 Å². The first-order chi connectivity index (χ1) is 8.69. The SMILES string of the molecule is Cc1cc(C)cc(OCCN2CCCC2CO)c1. The molecule has 100 valence electrons. The van der Waals surface area contributed by atoms with Crippen molar-refractivity contribution >= 4 is 0 Å². The van der Waals surface area contributed by atoms with Crippen LogP contribution in [-0.4, -0.2) is 42.4 Å². The Balaban J connectivity index is 1.81. The van der Waals surface area contributed by atoms with Gasteiger partial charge < -0.3 is 9.84 Å². The molecular formula is C15H23NO2. The van der Waals surface area contributed by atoms with E-state index in [9.17, 15) is 5.11 Å². The van der Waals surface area contributed by atoms with Crippen molar-refractivity contribution in [2.24, 2.45) is 0 Å². The van der Waals surface area contributed by atoms with Crippen LogP contribution in [0.15, 0.2) is 18.2 Å². The molecule has 1 heterocycles. The quantitative estimate of drug-likeness (QED) is 0.868. The number of ether oxygens (including phenoxy) is 1. The molecule has 1 saturated heterocycles. The van der Waals surface area contributed by atoms with Crippen molar-refractivity contribution in [3.8, 4) is 5.75 Å². The summed E-state index contributed by atoms with van der Waals surface area (Å²) in [6.45, 7) is 7.12. The highest BCUT2D eigenvalue weighted by atomic mass is 16.5. The molecule has 0 saturated carbocycles. The molecule has 1 aliphatic heterocycles. The maximum atomic E-state index is 9.24. The molecule has 1 N–H and O–H groups in total. The highest BCUT2D eigenvalue weighted by Gasteiger charge is 2.22. The highest BCUT2D eigenvalue weighted by Crippen LogP contribution is 2.18. The molecule has 0 amide bonds. The smallest absolute Gasteiger partial charge is 0.119 e. The van der Waals surface area contributed by atoms with E-state index in [1.165, 1.54) is 17.5 Å². The average Bonchev–Trinajstić information content (AvgIpc) is 2.75. The normalized spacial score (nSPS) is 20.3. The maximum Gasteiger partial charge on any atom is 0.119 e. The number of aryl methyl sites for hydroxylation is 2. The second-order valence-corrected chi connectivity index (χ2v) is 5.19. The van der Waals surface area contributed by atoms with Gasteiger partial charge in [-0.15, -0.1) is 0 Å². The van der Waals surface area contributed by atoms with Gasteiger partial charge in [0.25, 0.3) is 0 Å². The molecule has 1 aliphatic rings. The van der Waals surface area contributed by atoms with Crippen LogP contribution in [0, 0.1) is 13.8 Å². The molecule has 0 radical (unpaired) electrons. The summed E-state index contributed by atoms with van der Waals surface area (Å²) in [7, 11) is 0. The van der Waals surface area contributed by atoms with E-state index in [2.05, 4.69) is 36.9 Å². The number of hydrogen-bond donors (Lipinski definition) is 1. The maximum absolute atomic E-state index is 9.24. The Hall–Kier alpha value is -1.06. The van der Waals surface area contributed by atoms with Gasteiger partial charge in [-0.25, -0.2) is 0 Å². The zero-order chi connectivity index (χ0) is 13.0. The molecule has 1 aromatic rings. The third-order valence-corrected chi connectivity index (χ3v) is 3.55. The van der Waals surface area contributed by atoms with E-state index in [0.717, 1.165) is 25.3 Å². The lowest BCUT2D eigenvalue weighted by Crippen LogP contribution is -2.35. The Morgan fingerprint density at radius 3 is 2.67 bits per heavy atom. The number of hydrogen-bond acceptors (Lipinski definition) is 3. The summed E-state index contributed by atoms with van der Waals surface area (Å²) in [4.78, 5) is 2.32. The van der Waals surface area contributed by atoms with Gasteiger partial charge in [0.05, 0.1) is 6.61 Å². The molecule has 18 heavy (non-hydrogen) atoms. The Morgan fingerprint density at radius 2 is 2.00 bits per heavy atom. The second kappa shape index (κ2) is 6.21. The molecule has 2 rings (SSSR count). The molecule has 1 aromatic carbocycles. The van der Waals surface area contributed by atoms with Crippen LogP contribution in [0.25, 0.3) is 0 Å². The summed E-state index contributed by atoms with van der Waals surface area (Å²) in [6, 6.07) is 6.63. The number of aliphatic hydroxyl groups is 1. The van der Waals surface area contributed by atoms with E-state index in [-0.39, 0.29) is 6.61 Å². The largest absolute Gasteiger partial charge is 0.492 e. The standard InChI is InChI=1S/C15H23NO2/c1-12-8-13(2)10-15(9-12)18-7-6-16-5-3-4-14(16)11-17/h8-10,14,17H,3-7,11H2,1-2H3. The second-order valence-electron chi connectivity index (χ2n) is 5.19. The zero-order valence-corrected chi connectivity index (χ0v) is 11.4. The van der Waals surface area contributed by atoms with Crippen LogP contribution >= 0.6 is 0 Å². The summed E-state index contributed by atoms with van der Waals surface area (Å²) in [5.74, 6) is 0.951. The molecule has 1 unspecified atom stereocenters. The van der Waals surface area contributed by atoms with Gasteiger partial charge >= 0.3 is 0 Å².